The number of hydrogen-bond donors (Lipinski definition) is 1. The Morgan fingerprint density at radius 3 is 2.52 bits per heavy atom. The summed E-state index contributed by atoms with van der Waals surface area (Å²) in [5.41, 5.74) is 2.14. The van der Waals surface area contributed by atoms with Gasteiger partial charge in [0.2, 0.25) is 0 Å². The molecular weight excluding hydrogens is 284 g/mol. The number of rotatable bonds is 7. The molecule has 0 spiro atoms. The van der Waals surface area contributed by atoms with E-state index in [4.69, 9.17) is 9.15 Å². The molecular formula is C16H22N2O2S. The van der Waals surface area contributed by atoms with Gasteiger partial charge in [-0.05, 0) is 45.5 Å². The van der Waals surface area contributed by atoms with E-state index in [1.165, 1.54) is 5.56 Å². The molecule has 0 aliphatic carbocycles. The Morgan fingerprint density at radius 2 is 2.00 bits per heavy atom. The van der Waals surface area contributed by atoms with Crippen molar-refractivity contribution >= 4 is 11.8 Å². The molecule has 0 aliphatic heterocycles. The van der Waals surface area contributed by atoms with Gasteiger partial charge >= 0.3 is 0 Å². The summed E-state index contributed by atoms with van der Waals surface area (Å²) >= 11 is 1.61. The predicted molar refractivity (Wildman–Crippen MR) is 86.0 cm³/mol. The van der Waals surface area contributed by atoms with Crippen LogP contribution in [0, 0.1) is 6.92 Å². The molecule has 1 N–H and O–H groups in total. The molecule has 114 valence electrons. The van der Waals surface area contributed by atoms with Crippen LogP contribution >= 0.6 is 11.8 Å². The van der Waals surface area contributed by atoms with E-state index in [-0.39, 0.29) is 12.1 Å². The summed E-state index contributed by atoms with van der Waals surface area (Å²) in [6.07, 6.45) is 1.87. The average Bonchev–Trinajstić information content (AvgIpc) is 2.86. The number of thioether (sulfide) groups is 1. The molecule has 0 bridgehead atoms. The van der Waals surface area contributed by atoms with Crippen molar-refractivity contribution in [2.75, 3.05) is 12.8 Å². The first-order chi connectivity index (χ1) is 10.1. The van der Waals surface area contributed by atoms with Crippen LogP contribution in [0.2, 0.25) is 0 Å². The standard InChI is InChI=1S/C16H22N2O2S/c1-11(2)20-14-7-5-13(6-8-14)15(17-4)10-21-16-18-12(3)9-19-16/h5-9,11,15,17H,10H2,1-4H3. The Labute approximate surface area is 130 Å². The zero-order valence-electron chi connectivity index (χ0n) is 12.9. The molecule has 1 atom stereocenters. The molecule has 0 saturated heterocycles. The lowest BCUT2D eigenvalue weighted by Crippen LogP contribution is -2.18. The van der Waals surface area contributed by atoms with Gasteiger partial charge in [0.25, 0.3) is 5.22 Å². The molecule has 1 unspecified atom stereocenters. The summed E-state index contributed by atoms with van der Waals surface area (Å²) in [4.78, 5) is 4.31. The molecule has 4 nitrogen and oxygen atoms in total. The first kappa shape index (κ1) is 15.9. The van der Waals surface area contributed by atoms with Crippen molar-refractivity contribution in [3.63, 3.8) is 0 Å². The Kier molecular flexibility index (Phi) is 5.70. The van der Waals surface area contributed by atoms with Crippen molar-refractivity contribution < 1.29 is 9.15 Å². The first-order valence-corrected chi connectivity index (χ1v) is 8.06. The minimum Gasteiger partial charge on any atom is -0.491 e. The van der Waals surface area contributed by atoms with Crippen LogP contribution in [-0.4, -0.2) is 23.9 Å². The zero-order chi connectivity index (χ0) is 15.2. The van der Waals surface area contributed by atoms with Crippen molar-refractivity contribution in [1.29, 1.82) is 0 Å². The minimum atomic E-state index is 0.194. The van der Waals surface area contributed by atoms with Gasteiger partial charge < -0.3 is 14.5 Å². The van der Waals surface area contributed by atoms with Gasteiger partial charge in [-0.1, -0.05) is 23.9 Å². The molecule has 21 heavy (non-hydrogen) atoms. The highest BCUT2D eigenvalue weighted by molar-refractivity contribution is 7.99. The SMILES string of the molecule is CNC(CSc1nc(C)co1)c1ccc(OC(C)C)cc1. The van der Waals surface area contributed by atoms with Gasteiger partial charge in [-0.25, -0.2) is 4.98 Å². The third-order valence-electron chi connectivity index (χ3n) is 2.97. The summed E-state index contributed by atoms with van der Waals surface area (Å²) in [5, 5.41) is 4.04. The van der Waals surface area contributed by atoms with Crippen LogP contribution in [0.25, 0.3) is 0 Å². The summed E-state index contributed by atoms with van der Waals surface area (Å²) in [5.74, 6) is 1.76. The fraction of sp³-hybridized carbons (Fsp3) is 0.438. The van der Waals surface area contributed by atoms with Gasteiger partial charge in [0.1, 0.15) is 12.0 Å². The Bertz CT molecular complexity index is 552. The number of aryl methyl sites for hydroxylation is 1. The lowest BCUT2D eigenvalue weighted by atomic mass is 10.1. The zero-order valence-corrected chi connectivity index (χ0v) is 13.7. The lowest BCUT2D eigenvalue weighted by Gasteiger charge is -2.16. The monoisotopic (exact) mass is 306 g/mol. The largest absolute Gasteiger partial charge is 0.491 e. The van der Waals surface area contributed by atoms with Crippen LogP contribution in [0.3, 0.4) is 0 Å². The van der Waals surface area contributed by atoms with E-state index >= 15 is 0 Å². The van der Waals surface area contributed by atoms with Gasteiger partial charge in [-0.3, -0.25) is 0 Å². The second kappa shape index (κ2) is 7.52. The van der Waals surface area contributed by atoms with E-state index in [1.807, 2.05) is 40.0 Å². The fourth-order valence-corrected chi connectivity index (χ4v) is 2.94. The maximum absolute atomic E-state index is 5.66. The van der Waals surface area contributed by atoms with E-state index in [0.717, 1.165) is 17.2 Å². The van der Waals surface area contributed by atoms with Crippen LogP contribution < -0.4 is 10.1 Å². The summed E-state index contributed by atoms with van der Waals surface area (Å²) in [6.45, 7) is 5.98. The van der Waals surface area contributed by atoms with E-state index in [2.05, 4.69) is 22.4 Å². The highest BCUT2D eigenvalue weighted by Gasteiger charge is 2.12. The Hall–Kier alpha value is -1.46. The third kappa shape index (κ3) is 4.79. The number of nitrogens with one attached hydrogen (secondary N) is 1. The average molecular weight is 306 g/mol. The lowest BCUT2D eigenvalue weighted by molar-refractivity contribution is 0.242. The molecule has 0 radical (unpaired) electrons. The fourth-order valence-electron chi connectivity index (χ4n) is 1.95. The molecule has 0 aliphatic rings. The normalized spacial score (nSPS) is 12.6. The molecule has 2 aromatic rings. The van der Waals surface area contributed by atoms with Crippen molar-refractivity contribution in [1.82, 2.24) is 10.3 Å². The van der Waals surface area contributed by atoms with Crippen molar-refractivity contribution in [3.05, 3.63) is 41.8 Å². The summed E-state index contributed by atoms with van der Waals surface area (Å²) in [7, 11) is 1.96. The third-order valence-corrected chi connectivity index (χ3v) is 3.91. The van der Waals surface area contributed by atoms with E-state index in [0.29, 0.717) is 5.22 Å². The van der Waals surface area contributed by atoms with Crippen LogP contribution in [0.4, 0.5) is 0 Å². The van der Waals surface area contributed by atoms with Crippen molar-refractivity contribution in [2.45, 2.75) is 38.1 Å². The number of oxazole rings is 1. The molecule has 1 aromatic carbocycles. The number of aromatic nitrogens is 1. The topological polar surface area (TPSA) is 47.3 Å². The van der Waals surface area contributed by atoms with Gasteiger partial charge in [-0.2, -0.15) is 0 Å². The van der Waals surface area contributed by atoms with Gasteiger partial charge in [-0.15, -0.1) is 0 Å². The smallest absolute Gasteiger partial charge is 0.255 e. The molecule has 0 amide bonds. The van der Waals surface area contributed by atoms with E-state index in [1.54, 1.807) is 18.0 Å². The second-order valence-corrected chi connectivity index (χ2v) is 6.11. The molecule has 0 fully saturated rings. The van der Waals surface area contributed by atoms with E-state index in [9.17, 15) is 0 Å². The highest BCUT2D eigenvalue weighted by atomic mass is 32.2. The first-order valence-electron chi connectivity index (χ1n) is 7.07. The van der Waals surface area contributed by atoms with Crippen LogP contribution in [0.5, 0.6) is 5.75 Å². The minimum absolute atomic E-state index is 0.194. The quantitative estimate of drug-likeness (QED) is 0.788. The van der Waals surface area contributed by atoms with Crippen LogP contribution in [-0.2, 0) is 0 Å². The molecule has 1 heterocycles. The van der Waals surface area contributed by atoms with Crippen LogP contribution in [0.15, 0.2) is 40.2 Å². The predicted octanol–water partition coefficient (Wildman–Crippen LogP) is 3.82. The molecule has 1 aromatic heterocycles. The number of hydrogen-bond acceptors (Lipinski definition) is 5. The Morgan fingerprint density at radius 1 is 1.29 bits per heavy atom. The Balaban J connectivity index is 1.96. The highest BCUT2D eigenvalue weighted by Crippen LogP contribution is 2.25. The van der Waals surface area contributed by atoms with Gasteiger partial charge in [0.05, 0.1) is 11.8 Å². The molecule has 2 rings (SSSR count). The van der Waals surface area contributed by atoms with E-state index < -0.39 is 0 Å². The maximum Gasteiger partial charge on any atom is 0.255 e. The summed E-state index contributed by atoms with van der Waals surface area (Å²) in [6, 6.07) is 8.47. The number of ether oxygens (including phenoxy) is 1. The number of benzene rings is 1. The molecule has 0 saturated carbocycles. The van der Waals surface area contributed by atoms with Crippen molar-refractivity contribution in [2.24, 2.45) is 0 Å². The maximum atomic E-state index is 5.66. The van der Waals surface area contributed by atoms with Crippen molar-refractivity contribution in [3.8, 4) is 5.75 Å². The molecule has 5 heteroatoms. The van der Waals surface area contributed by atoms with Crippen LogP contribution in [0.1, 0.15) is 31.1 Å². The second-order valence-electron chi connectivity index (χ2n) is 5.14. The van der Waals surface area contributed by atoms with Gasteiger partial charge in [0, 0.05) is 11.8 Å². The summed E-state index contributed by atoms with van der Waals surface area (Å²) < 4.78 is 11.0. The number of nitrogens with zero attached hydrogens (tertiary/aromatic N) is 1. The van der Waals surface area contributed by atoms with Gasteiger partial charge in [0.15, 0.2) is 0 Å².